The number of halogens is 1. The molecule has 4 heteroatoms. The SMILES string of the molecule is CNC(c1ccccc1F)C(C)CN1CCCC1CO. The molecule has 1 aromatic carbocycles. The van der Waals surface area contributed by atoms with Crippen LogP contribution in [-0.2, 0) is 0 Å². The number of nitrogens with zero attached hydrogens (tertiary/aromatic N) is 1. The fourth-order valence-corrected chi connectivity index (χ4v) is 3.29. The standard InChI is InChI=1S/C16H25FN2O/c1-12(10-19-9-5-6-13(19)11-20)16(18-2)14-7-3-4-8-15(14)17/h3-4,7-8,12-13,16,18,20H,5-6,9-11H2,1-2H3. The number of rotatable bonds is 6. The average Bonchev–Trinajstić information content (AvgIpc) is 2.89. The molecule has 0 aromatic heterocycles. The van der Waals surface area contributed by atoms with Crippen molar-refractivity contribution in [2.45, 2.75) is 31.8 Å². The van der Waals surface area contributed by atoms with Crippen LogP contribution in [0.3, 0.4) is 0 Å². The molecule has 112 valence electrons. The van der Waals surface area contributed by atoms with Crippen molar-refractivity contribution in [3.05, 3.63) is 35.6 Å². The number of aliphatic hydroxyl groups excluding tert-OH is 1. The first-order valence-electron chi connectivity index (χ1n) is 7.44. The van der Waals surface area contributed by atoms with Gasteiger partial charge in [0, 0.05) is 24.2 Å². The molecule has 20 heavy (non-hydrogen) atoms. The molecule has 0 spiro atoms. The van der Waals surface area contributed by atoms with E-state index in [2.05, 4.69) is 17.1 Å². The van der Waals surface area contributed by atoms with Crippen LogP contribution in [0.25, 0.3) is 0 Å². The van der Waals surface area contributed by atoms with Gasteiger partial charge in [0.25, 0.3) is 0 Å². The molecule has 2 rings (SSSR count). The van der Waals surface area contributed by atoms with Crippen LogP contribution in [0.2, 0.25) is 0 Å². The van der Waals surface area contributed by atoms with Crippen molar-refractivity contribution in [3.8, 4) is 0 Å². The van der Waals surface area contributed by atoms with E-state index in [1.807, 2.05) is 19.2 Å². The summed E-state index contributed by atoms with van der Waals surface area (Å²) in [5.41, 5.74) is 0.724. The monoisotopic (exact) mass is 280 g/mol. The molecule has 0 aliphatic carbocycles. The zero-order valence-corrected chi connectivity index (χ0v) is 12.3. The number of hydrogen-bond acceptors (Lipinski definition) is 3. The molecule has 0 saturated carbocycles. The Labute approximate surface area is 120 Å². The Bertz CT molecular complexity index is 427. The summed E-state index contributed by atoms with van der Waals surface area (Å²) in [5.74, 6) is 0.128. The van der Waals surface area contributed by atoms with Crippen LogP contribution in [0, 0.1) is 11.7 Å². The lowest BCUT2D eigenvalue weighted by molar-refractivity contribution is 0.136. The first kappa shape index (κ1) is 15.4. The minimum Gasteiger partial charge on any atom is -0.395 e. The lowest BCUT2D eigenvalue weighted by atomic mass is 9.93. The van der Waals surface area contributed by atoms with Crippen molar-refractivity contribution >= 4 is 0 Å². The van der Waals surface area contributed by atoms with Gasteiger partial charge in [-0.1, -0.05) is 25.1 Å². The van der Waals surface area contributed by atoms with Gasteiger partial charge in [-0.3, -0.25) is 4.90 Å². The van der Waals surface area contributed by atoms with Gasteiger partial charge in [0.2, 0.25) is 0 Å². The topological polar surface area (TPSA) is 35.5 Å². The zero-order valence-electron chi connectivity index (χ0n) is 12.3. The van der Waals surface area contributed by atoms with Gasteiger partial charge in [-0.2, -0.15) is 0 Å². The van der Waals surface area contributed by atoms with Gasteiger partial charge < -0.3 is 10.4 Å². The van der Waals surface area contributed by atoms with Gasteiger partial charge in [0.15, 0.2) is 0 Å². The summed E-state index contributed by atoms with van der Waals surface area (Å²) in [6.45, 7) is 4.27. The Morgan fingerprint density at radius 3 is 2.85 bits per heavy atom. The molecular formula is C16H25FN2O. The minimum absolute atomic E-state index is 0.00357. The second-order valence-electron chi connectivity index (χ2n) is 5.74. The molecule has 3 unspecified atom stereocenters. The largest absolute Gasteiger partial charge is 0.395 e. The lowest BCUT2D eigenvalue weighted by Gasteiger charge is -2.31. The minimum atomic E-state index is -0.154. The predicted molar refractivity (Wildman–Crippen MR) is 79.0 cm³/mol. The summed E-state index contributed by atoms with van der Waals surface area (Å²) in [7, 11) is 1.88. The normalized spacial score (nSPS) is 22.9. The van der Waals surface area contributed by atoms with Crippen LogP contribution in [0.4, 0.5) is 4.39 Å². The Morgan fingerprint density at radius 2 is 2.20 bits per heavy atom. The summed E-state index contributed by atoms with van der Waals surface area (Å²) >= 11 is 0. The highest BCUT2D eigenvalue weighted by atomic mass is 19.1. The van der Waals surface area contributed by atoms with Gasteiger partial charge >= 0.3 is 0 Å². The van der Waals surface area contributed by atoms with E-state index >= 15 is 0 Å². The first-order chi connectivity index (χ1) is 9.67. The Morgan fingerprint density at radius 1 is 1.45 bits per heavy atom. The fourth-order valence-electron chi connectivity index (χ4n) is 3.29. The summed E-state index contributed by atoms with van der Waals surface area (Å²) < 4.78 is 13.9. The van der Waals surface area contributed by atoms with Crippen LogP contribution in [-0.4, -0.2) is 42.8 Å². The second kappa shape index (κ2) is 7.16. The highest BCUT2D eigenvalue weighted by Crippen LogP contribution is 2.27. The molecule has 1 saturated heterocycles. The third kappa shape index (κ3) is 3.37. The molecule has 1 aliphatic heterocycles. The predicted octanol–water partition coefficient (Wildman–Crippen LogP) is 2.18. The zero-order chi connectivity index (χ0) is 14.5. The van der Waals surface area contributed by atoms with Crippen molar-refractivity contribution in [1.82, 2.24) is 10.2 Å². The molecule has 0 amide bonds. The number of aliphatic hydroxyl groups is 1. The van der Waals surface area contributed by atoms with E-state index < -0.39 is 0 Å². The van der Waals surface area contributed by atoms with Gasteiger partial charge in [-0.15, -0.1) is 0 Å². The summed E-state index contributed by atoms with van der Waals surface area (Å²) in [5, 5.41) is 12.6. The van der Waals surface area contributed by atoms with Crippen LogP contribution in [0.15, 0.2) is 24.3 Å². The third-order valence-electron chi connectivity index (χ3n) is 4.35. The maximum absolute atomic E-state index is 13.9. The quantitative estimate of drug-likeness (QED) is 0.838. The van der Waals surface area contributed by atoms with E-state index in [1.54, 1.807) is 6.07 Å². The van der Waals surface area contributed by atoms with Crippen molar-refractivity contribution in [1.29, 1.82) is 0 Å². The Hall–Kier alpha value is -0.970. The highest BCUT2D eigenvalue weighted by molar-refractivity contribution is 5.21. The highest BCUT2D eigenvalue weighted by Gasteiger charge is 2.28. The second-order valence-corrected chi connectivity index (χ2v) is 5.74. The average molecular weight is 280 g/mol. The molecule has 1 aromatic rings. The van der Waals surface area contributed by atoms with Crippen molar-refractivity contribution in [2.24, 2.45) is 5.92 Å². The first-order valence-corrected chi connectivity index (χ1v) is 7.44. The van der Waals surface area contributed by atoms with E-state index in [4.69, 9.17) is 0 Å². The van der Waals surface area contributed by atoms with E-state index in [0.29, 0.717) is 0 Å². The van der Waals surface area contributed by atoms with Gasteiger partial charge in [-0.05, 0) is 38.4 Å². The molecule has 1 fully saturated rings. The molecule has 2 N–H and O–H groups in total. The third-order valence-corrected chi connectivity index (χ3v) is 4.35. The van der Waals surface area contributed by atoms with Gasteiger partial charge in [-0.25, -0.2) is 4.39 Å². The molecule has 0 bridgehead atoms. The summed E-state index contributed by atoms with van der Waals surface area (Å²) in [6.07, 6.45) is 2.20. The Balaban J connectivity index is 2.06. The van der Waals surface area contributed by atoms with Crippen molar-refractivity contribution < 1.29 is 9.50 Å². The molecule has 3 atom stereocenters. The smallest absolute Gasteiger partial charge is 0.127 e. The maximum atomic E-state index is 13.9. The molecule has 3 nitrogen and oxygen atoms in total. The summed E-state index contributed by atoms with van der Waals surface area (Å²) in [4.78, 5) is 2.33. The number of nitrogens with one attached hydrogen (secondary N) is 1. The van der Waals surface area contributed by atoms with Crippen LogP contribution in [0.5, 0.6) is 0 Å². The lowest BCUT2D eigenvalue weighted by Crippen LogP contribution is -2.39. The van der Waals surface area contributed by atoms with Gasteiger partial charge in [0.05, 0.1) is 6.61 Å². The van der Waals surface area contributed by atoms with E-state index in [9.17, 15) is 9.50 Å². The van der Waals surface area contributed by atoms with Gasteiger partial charge in [0.1, 0.15) is 5.82 Å². The molecule has 1 aliphatic rings. The number of hydrogen-bond donors (Lipinski definition) is 2. The molecule has 1 heterocycles. The van der Waals surface area contributed by atoms with Crippen LogP contribution in [0.1, 0.15) is 31.4 Å². The fraction of sp³-hybridized carbons (Fsp3) is 0.625. The van der Waals surface area contributed by atoms with E-state index in [-0.39, 0.29) is 30.4 Å². The van der Waals surface area contributed by atoms with Crippen LogP contribution >= 0.6 is 0 Å². The molecular weight excluding hydrogens is 255 g/mol. The van der Waals surface area contributed by atoms with E-state index in [1.165, 1.54) is 6.07 Å². The number of benzene rings is 1. The Kier molecular flexibility index (Phi) is 5.52. The molecule has 0 radical (unpaired) electrons. The van der Waals surface area contributed by atoms with Crippen LogP contribution < -0.4 is 5.32 Å². The number of likely N-dealkylation sites (tertiary alicyclic amines) is 1. The van der Waals surface area contributed by atoms with E-state index in [0.717, 1.165) is 31.5 Å². The van der Waals surface area contributed by atoms with Crippen molar-refractivity contribution in [3.63, 3.8) is 0 Å². The maximum Gasteiger partial charge on any atom is 0.127 e. The summed E-state index contributed by atoms with van der Waals surface area (Å²) in [6, 6.07) is 7.23. The van der Waals surface area contributed by atoms with Crippen molar-refractivity contribution in [2.75, 3.05) is 26.7 Å².